The van der Waals surface area contributed by atoms with Gasteiger partial charge in [-0.05, 0) is 48.4 Å². The lowest BCUT2D eigenvalue weighted by molar-refractivity contribution is -0.128. The summed E-state index contributed by atoms with van der Waals surface area (Å²) in [4.78, 5) is 1.83. The van der Waals surface area contributed by atoms with E-state index in [0.29, 0.717) is 28.6 Å². The van der Waals surface area contributed by atoms with Crippen molar-refractivity contribution >= 4 is 7.12 Å². The van der Waals surface area contributed by atoms with Crippen molar-refractivity contribution in [3.05, 3.63) is 36.3 Å². The Kier molecular flexibility index (Phi) is 3.81. The zero-order chi connectivity index (χ0) is 16.9. The van der Waals surface area contributed by atoms with Crippen molar-refractivity contribution in [1.29, 1.82) is 0 Å². The van der Waals surface area contributed by atoms with Gasteiger partial charge < -0.3 is 24.4 Å². The van der Waals surface area contributed by atoms with Crippen LogP contribution in [-0.2, 0) is 9.31 Å². The van der Waals surface area contributed by atoms with Crippen molar-refractivity contribution in [3.63, 3.8) is 0 Å². The van der Waals surface area contributed by atoms with E-state index in [-0.39, 0.29) is 17.9 Å². The molecule has 2 bridgehead atoms. The predicted molar refractivity (Wildman–Crippen MR) is 88.9 cm³/mol. The van der Waals surface area contributed by atoms with E-state index in [1.807, 2.05) is 4.90 Å². The molecule has 1 heterocycles. The minimum Gasteiger partial charge on any atom is -0.494 e. The molecule has 0 amide bonds. The summed E-state index contributed by atoms with van der Waals surface area (Å²) in [5.41, 5.74) is 0.946. The summed E-state index contributed by atoms with van der Waals surface area (Å²) >= 11 is 0. The maximum absolute atomic E-state index is 10.1. The third-order valence-electron chi connectivity index (χ3n) is 6.07. The normalized spacial score (nSPS) is 37.9. The van der Waals surface area contributed by atoms with Crippen LogP contribution in [0, 0.1) is 23.2 Å². The minimum atomic E-state index is -0.888. The molecule has 2 unspecified atom stereocenters. The van der Waals surface area contributed by atoms with E-state index in [1.165, 1.54) is 18.8 Å². The summed E-state index contributed by atoms with van der Waals surface area (Å²) < 4.78 is 10.6. The Morgan fingerprint density at radius 3 is 2.26 bits per heavy atom. The van der Waals surface area contributed by atoms with Gasteiger partial charge in [-0.3, -0.25) is 0 Å². The fourth-order valence-corrected chi connectivity index (χ4v) is 4.51. The molecule has 4 atom stereocenters. The number of fused-ring (bicyclic) bond motifs is 2. The van der Waals surface area contributed by atoms with Crippen molar-refractivity contribution in [3.8, 4) is 0 Å². The molecule has 0 aromatic carbocycles. The molecule has 3 fully saturated rings. The molecule has 126 valence electrons. The summed E-state index contributed by atoms with van der Waals surface area (Å²) in [7, 11) is -0.888. The highest BCUT2D eigenvalue weighted by Gasteiger charge is 2.57. The molecule has 23 heavy (non-hydrogen) atoms. The second-order valence-corrected chi connectivity index (χ2v) is 7.82. The summed E-state index contributed by atoms with van der Waals surface area (Å²) in [5, 5.41) is 20.1. The minimum absolute atomic E-state index is 0.213. The van der Waals surface area contributed by atoms with E-state index in [4.69, 9.17) is 9.31 Å². The van der Waals surface area contributed by atoms with Gasteiger partial charge in [-0.15, -0.1) is 6.58 Å². The molecule has 4 aliphatic rings. The fraction of sp³-hybridized carbons (Fsp3) is 0.647. The van der Waals surface area contributed by atoms with Crippen LogP contribution < -0.4 is 0 Å². The van der Waals surface area contributed by atoms with Crippen molar-refractivity contribution in [2.24, 2.45) is 23.2 Å². The number of nitrogens with zero attached hydrogens (tertiary/aromatic N) is 1. The number of hydrogen-bond acceptors (Lipinski definition) is 5. The number of rotatable bonds is 2. The SMILES string of the molecule is C=C(C)B1OC(O)=CN(C2CC3C[C@H]([C@H]2C)C3(C)C)/C=C(/O)O1. The van der Waals surface area contributed by atoms with Crippen molar-refractivity contribution in [2.45, 2.75) is 46.6 Å². The van der Waals surface area contributed by atoms with Crippen LogP contribution in [0.15, 0.2) is 36.3 Å². The van der Waals surface area contributed by atoms with Crippen LogP contribution in [-0.4, -0.2) is 28.3 Å². The molecule has 6 heteroatoms. The molecule has 2 N–H and O–H groups in total. The highest BCUT2D eigenvalue weighted by atomic mass is 16.7. The van der Waals surface area contributed by atoms with E-state index in [2.05, 4.69) is 27.4 Å². The molecule has 1 aliphatic heterocycles. The van der Waals surface area contributed by atoms with Crippen LogP contribution in [0.25, 0.3) is 0 Å². The van der Waals surface area contributed by atoms with E-state index < -0.39 is 7.12 Å². The van der Waals surface area contributed by atoms with Crippen LogP contribution in [0.2, 0.25) is 0 Å². The zero-order valence-corrected chi connectivity index (χ0v) is 14.3. The molecular weight excluding hydrogens is 293 g/mol. The highest BCUT2D eigenvalue weighted by Crippen LogP contribution is 2.62. The van der Waals surface area contributed by atoms with Crippen LogP contribution in [0.3, 0.4) is 0 Å². The molecule has 5 nitrogen and oxygen atoms in total. The molecule has 3 aliphatic carbocycles. The van der Waals surface area contributed by atoms with Crippen molar-refractivity contribution in [2.75, 3.05) is 0 Å². The first kappa shape index (κ1) is 16.2. The lowest BCUT2D eigenvalue weighted by Gasteiger charge is -2.63. The van der Waals surface area contributed by atoms with Gasteiger partial charge in [0, 0.05) is 6.04 Å². The van der Waals surface area contributed by atoms with Crippen LogP contribution in [0.5, 0.6) is 0 Å². The van der Waals surface area contributed by atoms with Gasteiger partial charge in [-0.1, -0.05) is 20.8 Å². The molecule has 4 rings (SSSR count). The monoisotopic (exact) mass is 319 g/mol. The zero-order valence-electron chi connectivity index (χ0n) is 14.3. The van der Waals surface area contributed by atoms with E-state index in [1.54, 1.807) is 6.92 Å². The van der Waals surface area contributed by atoms with Gasteiger partial charge in [-0.2, -0.15) is 0 Å². The Bertz CT molecular complexity index is 549. The van der Waals surface area contributed by atoms with E-state index in [0.717, 1.165) is 6.42 Å². The number of allylic oxidation sites excluding steroid dienone is 1. The first-order valence-electron chi connectivity index (χ1n) is 8.28. The maximum Gasteiger partial charge on any atom is 0.631 e. The van der Waals surface area contributed by atoms with Crippen molar-refractivity contribution in [1.82, 2.24) is 4.90 Å². The number of aliphatic hydroxyl groups is 2. The van der Waals surface area contributed by atoms with E-state index >= 15 is 0 Å². The number of hydrogen-bond donors (Lipinski definition) is 2. The van der Waals surface area contributed by atoms with Gasteiger partial charge in [0.15, 0.2) is 0 Å². The Morgan fingerprint density at radius 2 is 1.83 bits per heavy atom. The summed E-state index contributed by atoms with van der Waals surface area (Å²) in [6.07, 6.45) is 5.37. The topological polar surface area (TPSA) is 62.2 Å². The lowest BCUT2D eigenvalue weighted by atomic mass is 9.44. The second-order valence-electron chi connectivity index (χ2n) is 7.82. The third-order valence-corrected chi connectivity index (χ3v) is 6.07. The molecule has 3 saturated carbocycles. The Morgan fingerprint density at radius 1 is 1.26 bits per heavy atom. The maximum atomic E-state index is 10.1. The van der Waals surface area contributed by atoms with Crippen LogP contribution in [0.1, 0.15) is 40.5 Å². The molecule has 0 saturated heterocycles. The van der Waals surface area contributed by atoms with Crippen LogP contribution >= 0.6 is 0 Å². The van der Waals surface area contributed by atoms with Gasteiger partial charge in [0.2, 0.25) is 0 Å². The van der Waals surface area contributed by atoms with Gasteiger partial charge >= 0.3 is 7.12 Å². The average Bonchev–Trinajstić information content (AvgIpc) is 2.43. The summed E-state index contributed by atoms with van der Waals surface area (Å²) in [6, 6.07) is 0.213. The molecule has 0 spiro atoms. The Labute approximate surface area is 138 Å². The van der Waals surface area contributed by atoms with Crippen LogP contribution in [0.4, 0.5) is 0 Å². The van der Waals surface area contributed by atoms with Gasteiger partial charge in [0.25, 0.3) is 11.9 Å². The van der Waals surface area contributed by atoms with Gasteiger partial charge in [0.05, 0.1) is 12.4 Å². The average molecular weight is 319 g/mol. The summed E-state index contributed by atoms with van der Waals surface area (Å²) in [5.74, 6) is 1.34. The van der Waals surface area contributed by atoms with Gasteiger partial charge in [-0.25, -0.2) is 0 Å². The Hall–Kier alpha value is -1.72. The molecule has 0 radical (unpaired) electrons. The fourth-order valence-electron chi connectivity index (χ4n) is 4.51. The first-order chi connectivity index (χ1) is 10.7. The lowest BCUT2D eigenvalue weighted by Crippen LogP contribution is -2.59. The second kappa shape index (κ2) is 5.43. The van der Waals surface area contributed by atoms with Crippen molar-refractivity contribution < 1.29 is 19.5 Å². The first-order valence-corrected chi connectivity index (χ1v) is 8.28. The quantitative estimate of drug-likeness (QED) is 0.760. The Balaban J connectivity index is 1.82. The predicted octanol–water partition coefficient (Wildman–Crippen LogP) is 3.72. The highest BCUT2D eigenvalue weighted by molar-refractivity contribution is 6.53. The molecular formula is C17H26BNO4. The molecule has 0 aromatic rings. The third kappa shape index (κ3) is 2.68. The van der Waals surface area contributed by atoms with E-state index in [9.17, 15) is 10.2 Å². The smallest absolute Gasteiger partial charge is 0.494 e. The standard InChI is InChI=1S/C17H26BNO4/c1-10(2)18-22-15(20)8-19(9-16(21)23-18)14-7-12-6-13(11(14)3)17(12,4)5/h8-9,11-14,20-21H,1,6-7H2,2-5H3/b15-8-,16-9?/t11-,12?,13-,14?/m1/s1. The largest absolute Gasteiger partial charge is 0.631 e. The summed E-state index contributed by atoms with van der Waals surface area (Å²) in [6.45, 7) is 12.4. The van der Waals surface area contributed by atoms with Gasteiger partial charge in [0.1, 0.15) is 0 Å². The molecule has 0 aromatic heterocycles. The number of aliphatic hydroxyl groups excluding tert-OH is 2.